The van der Waals surface area contributed by atoms with Crippen LogP contribution in [0.4, 0.5) is 27.2 Å². The van der Waals surface area contributed by atoms with Crippen molar-refractivity contribution in [3.63, 3.8) is 0 Å². The van der Waals surface area contributed by atoms with E-state index in [1.54, 1.807) is 32.0 Å². The Labute approximate surface area is 467 Å². The molecule has 0 aliphatic carbocycles. The van der Waals surface area contributed by atoms with Crippen molar-refractivity contribution in [2.24, 2.45) is 27.6 Å². The first kappa shape index (κ1) is 58.9. The van der Waals surface area contributed by atoms with Crippen molar-refractivity contribution in [3.8, 4) is 36.4 Å². The van der Waals surface area contributed by atoms with Crippen LogP contribution < -0.4 is 20.5 Å². The minimum Gasteiger partial charge on any atom is -0.463 e. The number of thioether (sulfide) groups is 2. The predicted octanol–water partition coefficient (Wildman–Crippen LogP) is 9.75. The van der Waals surface area contributed by atoms with Crippen molar-refractivity contribution < 1.29 is 50.9 Å². The van der Waals surface area contributed by atoms with Crippen molar-refractivity contribution in [1.29, 1.82) is 0 Å². The van der Waals surface area contributed by atoms with Gasteiger partial charge in [-0.3, -0.25) is 9.79 Å². The van der Waals surface area contributed by atoms with Crippen molar-refractivity contribution in [3.05, 3.63) is 142 Å². The zero-order valence-electron chi connectivity index (χ0n) is 42.7. The summed E-state index contributed by atoms with van der Waals surface area (Å²) in [5.41, 5.74) is 5.39. The number of nitrogens with zero attached hydrogens (tertiary/aromatic N) is 7. The number of amides is 1. The zero-order valence-corrected chi connectivity index (χ0v) is 45.1. The second-order valence-electron chi connectivity index (χ2n) is 17.6. The first-order chi connectivity index (χ1) is 38.1. The highest BCUT2D eigenvalue weighted by Crippen LogP contribution is 2.47. The fourth-order valence-corrected chi connectivity index (χ4v) is 11.3. The molecule has 0 saturated carbocycles. The van der Waals surface area contributed by atoms with Gasteiger partial charge in [0, 0.05) is 71.3 Å². The normalized spacial score (nSPS) is 20.2. The van der Waals surface area contributed by atoms with E-state index in [0.29, 0.717) is 70.2 Å². The quantitative estimate of drug-likeness (QED) is 0.0433. The minimum absolute atomic E-state index is 0.0105. The molecule has 3 N–H and O–H groups in total. The molecule has 3 aromatic carbocycles. The Morgan fingerprint density at radius 3 is 1.87 bits per heavy atom. The summed E-state index contributed by atoms with van der Waals surface area (Å²) < 4.78 is 80.1. The summed E-state index contributed by atoms with van der Waals surface area (Å²) in [7, 11) is 0. The lowest BCUT2D eigenvalue weighted by Gasteiger charge is -2.36. The van der Waals surface area contributed by atoms with Gasteiger partial charge in [-0.15, -0.1) is 24.6 Å². The van der Waals surface area contributed by atoms with Crippen LogP contribution in [0.25, 0.3) is 23.8 Å². The lowest BCUT2D eigenvalue weighted by Crippen LogP contribution is -2.41. The van der Waals surface area contributed by atoms with Gasteiger partial charge in [-0.2, -0.15) is 0 Å². The van der Waals surface area contributed by atoms with E-state index in [2.05, 4.69) is 46.8 Å². The molecule has 5 aromatic rings. The van der Waals surface area contributed by atoms with Crippen LogP contribution >= 0.6 is 35.1 Å². The first-order valence-electron chi connectivity index (χ1n) is 24.5. The Balaban J connectivity index is 0.000000208. The van der Waals surface area contributed by atoms with Gasteiger partial charge in [0.2, 0.25) is 11.8 Å². The van der Waals surface area contributed by atoms with E-state index in [1.807, 2.05) is 18.2 Å². The van der Waals surface area contributed by atoms with Crippen LogP contribution in [0.5, 0.6) is 11.8 Å². The van der Waals surface area contributed by atoms with E-state index in [-0.39, 0.29) is 79.1 Å². The van der Waals surface area contributed by atoms with Gasteiger partial charge in [0.15, 0.2) is 35.8 Å². The van der Waals surface area contributed by atoms with Crippen molar-refractivity contribution in [2.75, 3.05) is 64.1 Å². The van der Waals surface area contributed by atoms with Crippen LogP contribution in [0.3, 0.4) is 0 Å². The minimum atomic E-state index is -1.09. The number of nitrogens with one attached hydrogen (secondary N) is 1. The summed E-state index contributed by atoms with van der Waals surface area (Å²) in [4.78, 5) is 61.9. The molecule has 410 valence electrons. The molecule has 1 amide bonds. The predicted molar refractivity (Wildman–Crippen MR) is 298 cm³/mol. The maximum Gasteiger partial charge on any atom is 0.409 e. The summed E-state index contributed by atoms with van der Waals surface area (Å²) >= 11 is 7.61. The standard InChI is InChI=1S/C29H24F2N4O2S.C24H23F2N5O3S.C3H5ClO2/c1-2-10-37-27-16-33-25(15-34-27)24(31)12-19-8-9-23(30)22(11-19)29-18-32-14-21(29)17-38-28(35-29)13-26(36)20-6-4-3-5-7-20;1-3-7-34-21-11-28-20(10-29-21)19(26)9-15-5-6-18(25)17(8-15)24-14-31(23(32)33-4-2)12-16(24)13-35-22(27)30-24;1-2-6-3(4)5/h1,3-9,11-12,15-16,21,32H,10,13-14,17-18H2;1,5-6,8-11,16H,4,7,12-14H2,2H3,(H2,27,30);2H2,1H3/b24-12-;19-9-;/t21-,29-;16-,24-;/m00./s1. The van der Waals surface area contributed by atoms with E-state index < -0.39 is 45.9 Å². The Bertz CT molecular complexity index is 3220. The Kier molecular flexibility index (Phi) is 20.7. The van der Waals surface area contributed by atoms with Crippen LogP contribution in [-0.4, -0.2) is 116 Å². The fourth-order valence-electron chi connectivity index (χ4n) is 8.95. The van der Waals surface area contributed by atoms with Gasteiger partial charge in [-0.25, -0.2) is 52.1 Å². The first-order valence-corrected chi connectivity index (χ1v) is 26.8. The molecular formula is C56H52ClF4N9O7S2. The van der Waals surface area contributed by atoms with Gasteiger partial charge in [0.05, 0.1) is 56.0 Å². The number of likely N-dealkylation sites (tertiary alicyclic amines) is 1. The van der Waals surface area contributed by atoms with Crippen molar-refractivity contribution in [1.82, 2.24) is 30.2 Å². The number of hydrogen-bond donors (Lipinski definition) is 2. The van der Waals surface area contributed by atoms with Crippen LogP contribution in [0.15, 0.2) is 102 Å². The smallest absolute Gasteiger partial charge is 0.409 e. The Morgan fingerprint density at radius 2 is 1.35 bits per heavy atom. The van der Waals surface area contributed by atoms with Gasteiger partial charge in [-0.1, -0.05) is 66.1 Å². The van der Waals surface area contributed by atoms with Gasteiger partial charge >= 0.3 is 11.5 Å². The fraction of sp³-hybridized carbons (Fsp3) is 0.304. The number of nitrogens with two attached hydrogens (primary N) is 1. The van der Waals surface area contributed by atoms with E-state index in [1.165, 1.54) is 95.7 Å². The number of hydrogen-bond acceptors (Lipinski definition) is 17. The SMILES string of the molecule is C#CCOc1cnc(/C(F)=C/c2ccc(F)c([C@]34CN(C(=O)OCC)C[C@H]3CSC(N)=N4)c2)cn1.C#CCOc1cnc(/C(F)=C/c2ccc(F)c([C@]34CNC[C@H]3CSC(CC(=O)c3ccccc3)=N4)c2)cn1.CCOC(=O)Cl. The second-order valence-corrected chi connectivity index (χ2v) is 20.0. The van der Waals surface area contributed by atoms with E-state index in [0.717, 1.165) is 0 Å². The lowest BCUT2D eigenvalue weighted by atomic mass is 9.80. The molecule has 0 bridgehead atoms. The van der Waals surface area contributed by atoms with Crippen LogP contribution in [0.2, 0.25) is 0 Å². The number of benzene rings is 3. The number of carbonyl (C=O) groups is 3. The van der Waals surface area contributed by atoms with E-state index in [4.69, 9.17) is 49.4 Å². The third kappa shape index (κ3) is 14.9. The molecule has 0 unspecified atom stereocenters. The summed E-state index contributed by atoms with van der Waals surface area (Å²) in [6.07, 6.45) is 17.5. The zero-order chi connectivity index (χ0) is 56.5. The topological polar surface area (TPSA) is 206 Å². The van der Waals surface area contributed by atoms with Gasteiger partial charge < -0.3 is 34.9 Å². The molecule has 0 radical (unpaired) electrons. The largest absolute Gasteiger partial charge is 0.463 e. The lowest BCUT2D eigenvalue weighted by molar-refractivity contribution is 0.1000. The second kappa shape index (κ2) is 27.7. The molecule has 4 aliphatic rings. The average Bonchev–Trinajstić information content (AvgIpc) is 4.14. The molecule has 9 rings (SSSR count). The molecule has 0 spiro atoms. The number of rotatable bonds is 15. The van der Waals surface area contributed by atoms with Gasteiger partial charge in [0.25, 0.3) is 0 Å². The van der Waals surface area contributed by atoms with Crippen molar-refractivity contribution in [2.45, 2.75) is 31.3 Å². The number of aromatic nitrogens is 4. The number of ether oxygens (including phenoxy) is 4. The molecule has 6 heterocycles. The third-order valence-corrected chi connectivity index (χ3v) is 14.8. The molecule has 16 nitrogen and oxygen atoms in total. The monoisotopic (exact) mass is 1140 g/mol. The number of carbonyl (C=O) groups excluding carboxylic acids is 3. The number of terminal acetylenes is 2. The maximum absolute atomic E-state index is 15.3. The molecule has 79 heavy (non-hydrogen) atoms. The third-order valence-electron chi connectivity index (χ3n) is 12.6. The molecule has 4 aliphatic heterocycles. The van der Waals surface area contributed by atoms with Crippen LogP contribution in [-0.2, 0) is 20.6 Å². The van der Waals surface area contributed by atoms with Crippen molar-refractivity contribution >= 4 is 86.4 Å². The molecule has 23 heteroatoms. The molecule has 4 atom stereocenters. The average molecular weight is 1140 g/mol. The highest BCUT2D eigenvalue weighted by Gasteiger charge is 2.53. The summed E-state index contributed by atoms with van der Waals surface area (Å²) in [5.74, 6) is 3.81. The number of ketones is 1. The maximum atomic E-state index is 15.3. The molecule has 2 aromatic heterocycles. The van der Waals surface area contributed by atoms with E-state index in [9.17, 15) is 18.8 Å². The highest BCUT2D eigenvalue weighted by atomic mass is 35.5. The summed E-state index contributed by atoms with van der Waals surface area (Å²) in [6.45, 7) is 5.60. The Morgan fingerprint density at radius 1 is 0.785 bits per heavy atom. The summed E-state index contributed by atoms with van der Waals surface area (Å²) in [6, 6.07) is 17.7. The van der Waals surface area contributed by atoms with Crippen LogP contribution in [0.1, 0.15) is 64.3 Å². The number of Topliss-reactive ketones (excluding diaryl/α,β-unsaturated/α-hetero) is 1. The number of aliphatic imine (C=N–C) groups is 2. The number of amidine groups is 1. The number of fused-ring (bicyclic) bond motifs is 2. The molecule has 2 fully saturated rings. The molecule has 2 saturated heterocycles. The van der Waals surface area contributed by atoms with Gasteiger partial charge in [0.1, 0.15) is 34.1 Å². The highest BCUT2D eigenvalue weighted by molar-refractivity contribution is 8.14. The van der Waals surface area contributed by atoms with Gasteiger partial charge in [-0.05, 0) is 61.4 Å². The molecular weight excluding hydrogens is 1090 g/mol. The Hall–Kier alpha value is -7.76. The van der Waals surface area contributed by atoms with Crippen LogP contribution in [0, 0.1) is 48.2 Å². The van der Waals surface area contributed by atoms with E-state index >= 15 is 13.2 Å². The number of halogens is 5. The summed E-state index contributed by atoms with van der Waals surface area (Å²) in [5, 5.41) is 4.32.